The molecule has 2 rings (SSSR count). The number of halogens is 1. The lowest BCUT2D eigenvalue weighted by Gasteiger charge is -2.08. The second kappa shape index (κ2) is 4.10. The largest absolute Gasteiger partial charge is 0.241 e. The first-order valence-corrected chi connectivity index (χ1v) is 5.67. The average molecular weight is 251 g/mol. The summed E-state index contributed by atoms with van der Waals surface area (Å²) in [6.07, 6.45) is 5.04. The minimum absolute atomic E-state index is 0.509. The van der Waals surface area contributed by atoms with Crippen LogP contribution in [0.15, 0.2) is 16.6 Å². The molecule has 0 N–H and O–H groups in total. The Morgan fingerprint density at radius 3 is 2.71 bits per heavy atom. The van der Waals surface area contributed by atoms with Gasteiger partial charge >= 0.3 is 0 Å². The molecule has 0 aliphatic heterocycles. The lowest BCUT2D eigenvalue weighted by atomic mass is 10.0. The topological polar surface area (TPSA) is 36.7 Å². The fourth-order valence-corrected chi connectivity index (χ4v) is 2.29. The van der Waals surface area contributed by atoms with Crippen LogP contribution in [-0.2, 0) is 0 Å². The molecule has 2 nitrogen and oxygen atoms in total. The first kappa shape index (κ1) is 9.67. The first-order valence-electron chi connectivity index (χ1n) is 4.88. The van der Waals surface area contributed by atoms with E-state index in [9.17, 15) is 0 Å². The molecular formula is C11H11BrN2. The van der Waals surface area contributed by atoms with Crippen LogP contribution in [0.4, 0.5) is 0 Å². The van der Waals surface area contributed by atoms with Crippen LogP contribution in [-0.4, -0.2) is 4.98 Å². The lowest BCUT2D eigenvalue weighted by molar-refractivity contribution is 0.696. The molecule has 0 atom stereocenters. The molecule has 1 saturated carbocycles. The van der Waals surface area contributed by atoms with Gasteiger partial charge in [-0.25, -0.2) is 4.98 Å². The second-order valence-electron chi connectivity index (χ2n) is 3.66. The van der Waals surface area contributed by atoms with Crippen LogP contribution >= 0.6 is 15.9 Å². The van der Waals surface area contributed by atoms with Crippen molar-refractivity contribution in [2.24, 2.45) is 0 Å². The molecule has 1 aromatic rings. The minimum Gasteiger partial charge on any atom is -0.241 e. The maximum Gasteiger partial charge on any atom is 0.154 e. The third-order valence-electron chi connectivity index (χ3n) is 2.75. The fraction of sp³-hybridized carbons (Fsp3) is 0.455. The molecule has 1 heterocycles. The van der Waals surface area contributed by atoms with E-state index in [1.54, 1.807) is 0 Å². The monoisotopic (exact) mass is 250 g/mol. The van der Waals surface area contributed by atoms with Gasteiger partial charge in [0.05, 0.1) is 4.47 Å². The maximum absolute atomic E-state index is 8.84. The summed E-state index contributed by atoms with van der Waals surface area (Å²) in [5.41, 5.74) is 1.59. The van der Waals surface area contributed by atoms with Crippen molar-refractivity contribution in [3.63, 3.8) is 0 Å². The van der Waals surface area contributed by atoms with E-state index in [1.807, 2.05) is 12.1 Å². The Hall–Kier alpha value is -0.880. The number of hydrogen-bond acceptors (Lipinski definition) is 2. The number of hydrogen-bond donors (Lipinski definition) is 0. The third kappa shape index (κ3) is 1.80. The Kier molecular flexibility index (Phi) is 2.83. The van der Waals surface area contributed by atoms with Crippen molar-refractivity contribution in [2.75, 3.05) is 0 Å². The second-order valence-corrected chi connectivity index (χ2v) is 4.51. The number of nitriles is 1. The van der Waals surface area contributed by atoms with Crippen molar-refractivity contribution >= 4 is 15.9 Å². The number of rotatable bonds is 1. The molecule has 0 aromatic carbocycles. The summed E-state index contributed by atoms with van der Waals surface area (Å²) in [7, 11) is 0. The molecule has 1 aliphatic rings. The maximum atomic E-state index is 8.84. The summed E-state index contributed by atoms with van der Waals surface area (Å²) in [6.45, 7) is 0. The number of pyridine rings is 1. The normalized spacial score (nSPS) is 16.9. The van der Waals surface area contributed by atoms with Gasteiger partial charge in [-0.2, -0.15) is 5.26 Å². The summed E-state index contributed by atoms with van der Waals surface area (Å²) in [5, 5.41) is 8.84. The van der Waals surface area contributed by atoms with Gasteiger partial charge in [0.15, 0.2) is 5.69 Å². The van der Waals surface area contributed by atoms with Gasteiger partial charge < -0.3 is 0 Å². The highest BCUT2D eigenvalue weighted by Crippen LogP contribution is 2.33. The molecule has 14 heavy (non-hydrogen) atoms. The van der Waals surface area contributed by atoms with E-state index in [1.165, 1.54) is 25.7 Å². The van der Waals surface area contributed by atoms with Crippen LogP contribution in [0.5, 0.6) is 0 Å². The van der Waals surface area contributed by atoms with Gasteiger partial charge in [0.1, 0.15) is 6.07 Å². The Labute approximate surface area is 92.1 Å². The number of nitrogens with zero attached hydrogens (tertiary/aromatic N) is 2. The van der Waals surface area contributed by atoms with E-state index in [0.29, 0.717) is 11.6 Å². The van der Waals surface area contributed by atoms with Crippen LogP contribution in [0.25, 0.3) is 0 Å². The van der Waals surface area contributed by atoms with E-state index >= 15 is 0 Å². The van der Waals surface area contributed by atoms with E-state index in [4.69, 9.17) is 5.26 Å². The molecule has 0 spiro atoms. The van der Waals surface area contributed by atoms with E-state index < -0.39 is 0 Å². The molecule has 0 amide bonds. The molecule has 3 heteroatoms. The Morgan fingerprint density at radius 1 is 1.36 bits per heavy atom. The van der Waals surface area contributed by atoms with Gasteiger partial charge in [-0.1, -0.05) is 12.8 Å². The average Bonchev–Trinajstić information content (AvgIpc) is 2.71. The molecule has 0 radical (unpaired) electrons. The highest BCUT2D eigenvalue weighted by Gasteiger charge is 2.18. The van der Waals surface area contributed by atoms with Crippen molar-refractivity contribution in [2.45, 2.75) is 31.6 Å². The smallest absolute Gasteiger partial charge is 0.154 e. The van der Waals surface area contributed by atoms with Crippen LogP contribution in [0.2, 0.25) is 0 Å². The lowest BCUT2D eigenvalue weighted by Crippen LogP contribution is -1.98. The molecular weight excluding hydrogens is 240 g/mol. The first-order chi connectivity index (χ1) is 6.81. The molecule has 72 valence electrons. The Bertz CT molecular complexity index is 375. The summed E-state index contributed by atoms with van der Waals surface area (Å²) in [4.78, 5) is 4.36. The summed E-state index contributed by atoms with van der Waals surface area (Å²) >= 11 is 3.31. The van der Waals surface area contributed by atoms with Gasteiger partial charge in [0.25, 0.3) is 0 Å². The SMILES string of the molecule is N#Cc1nc(C2CCCC2)ccc1Br. The van der Waals surface area contributed by atoms with Gasteiger partial charge in [-0.3, -0.25) is 0 Å². The summed E-state index contributed by atoms with van der Waals surface area (Å²) in [6, 6.07) is 6.06. The van der Waals surface area contributed by atoms with Crippen LogP contribution in [0.3, 0.4) is 0 Å². The molecule has 0 unspecified atom stereocenters. The molecule has 1 aromatic heterocycles. The standard InChI is InChI=1S/C11H11BrN2/c12-9-5-6-10(14-11(9)7-13)8-3-1-2-4-8/h5-6,8H,1-4H2. The van der Waals surface area contributed by atoms with Crippen molar-refractivity contribution in [3.05, 3.63) is 28.0 Å². The van der Waals surface area contributed by atoms with Crippen LogP contribution in [0, 0.1) is 11.3 Å². The summed E-state index contributed by atoms with van der Waals surface area (Å²) in [5.74, 6) is 0.579. The highest BCUT2D eigenvalue weighted by atomic mass is 79.9. The van der Waals surface area contributed by atoms with Crippen LogP contribution in [0.1, 0.15) is 43.0 Å². The van der Waals surface area contributed by atoms with Crippen molar-refractivity contribution in [1.82, 2.24) is 4.98 Å². The third-order valence-corrected chi connectivity index (χ3v) is 3.39. The van der Waals surface area contributed by atoms with E-state index in [0.717, 1.165) is 10.2 Å². The van der Waals surface area contributed by atoms with Gasteiger partial charge in [-0.15, -0.1) is 0 Å². The Balaban J connectivity index is 2.31. The Morgan fingerprint density at radius 2 is 2.07 bits per heavy atom. The van der Waals surface area contributed by atoms with Crippen molar-refractivity contribution in [3.8, 4) is 6.07 Å². The minimum atomic E-state index is 0.509. The van der Waals surface area contributed by atoms with Crippen molar-refractivity contribution < 1.29 is 0 Å². The quantitative estimate of drug-likeness (QED) is 0.767. The molecule has 0 saturated heterocycles. The molecule has 1 aliphatic carbocycles. The molecule has 0 bridgehead atoms. The zero-order valence-corrected chi connectivity index (χ0v) is 9.42. The van der Waals surface area contributed by atoms with Crippen LogP contribution < -0.4 is 0 Å². The zero-order chi connectivity index (χ0) is 9.97. The predicted octanol–water partition coefficient (Wildman–Crippen LogP) is 3.37. The van der Waals surface area contributed by atoms with Gasteiger partial charge in [-0.05, 0) is 40.9 Å². The van der Waals surface area contributed by atoms with Gasteiger partial charge in [0, 0.05) is 11.6 Å². The predicted molar refractivity (Wildman–Crippen MR) is 57.9 cm³/mol. The summed E-state index contributed by atoms with van der Waals surface area (Å²) < 4.78 is 0.793. The van der Waals surface area contributed by atoms with Crippen molar-refractivity contribution in [1.29, 1.82) is 5.26 Å². The number of aromatic nitrogens is 1. The van der Waals surface area contributed by atoms with E-state index in [2.05, 4.69) is 27.0 Å². The zero-order valence-electron chi connectivity index (χ0n) is 7.83. The molecule has 1 fully saturated rings. The van der Waals surface area contributed by atoms with Gasteiger partial charge in [0.2, 0.25) is 0 Å². The highest BCUT2D eigenvalue weighted by molar-refractivity contribution is 9.10. The fourth-order valence-electron chi connectivity index (χ4n) is 1.98. The van der Waals surface area contributed by atoms with E-state index in [-0.39, 0.29) is 0 Å².